The lowest BCUT2D eigenvalue weighted by molar-refractivity contribution is -0.305. The van der Waals surface area contributed by atoms with E-state index in [1.807, 2.05) is 0 Å². The van der Waals surface area contributed by atoms with Crippen LogP contribution in [0.5, 0.6) is 0 Å². The monoisotopic (exact) mass is 933 g/mol. The van der Waals surface area contributed by atoms with Crippen LogP contribution in [0.2, 0.25) is 0 Å². The Bertz CT molecular complexity index is 1150. The molecule has 66 heavy (non-hydrogen) atoms. The zero-order valence-electron chi connectivity index (χ0n) is 42.7. The minimum absolute atomic E-state index is 0.117. The van der Waals surface area contributed by atoms with Crippen molar-refractivity contribution in [1.82, 2.24) is 0 Å². The Morgan fingerprint density at radius 2 is 0.924 bits per heavy atom. The van der Waals surface area contributed by atoms with Crippen LogP contribution in [0, 0.1) is 0 Å². The standard InChI is InChI=1S/C57H104O9/c1-3-5-7-9-11-13-15-17-19-21-22-23-24-25-26-27-28-29-31-33-35-37-39-41-43-45-47-63-49-51(50-64-57-56(62)55(61)54(60)52(48-58)66-57)65-53(59)46-44-42-40-38-36-34-32-30-20-18-16-14-12-10-8-6-4-2/h6,8,12,14,18,20-22,51-52,54-58,60-62H,3-5,7,9-11,13,15-17,19,23-50H2,1-2H3/b8-6-,14-12-,20-18-,22-21-. The molecule has 0 aromatic heterocycles. The van der Waals surface area contributed by atoms with Crippen molar-refractivity contribution in [3.63, 3.8) is 0 Å². The zero-order chi connectivity index (χ0) is 47.8. The highest BCUT2D eigenvalue weighted by Crippen LogP contribution is 2.23. The van der Waals surface area contributed by atoms with Crippen LogP contribution in [0.4, 0.5) is 0 Å². The molecule has 9 nitrogen and oxygen atoms in total. The third-order valence-corrected chi connectivity index (χ3v) is 12.7. The van der Waals surface area contributed by atoms with E-state index in [2.05, 4.69) is 62.5 Å². The summed E-state index contributed by atoms with van der Waals surface area (Å²) in [4.78, 5) is 12.8. The maximum Gasteiger partial charge on any atom is 0.306 e. The molecule has 1 rings (SSSR count). The van der Waals surface area contributed by atoms with Gasteiger partial charge in [-0.05, 0) is 70.6 Å². The number of unbranched alkanes of at least 4 members (excludes halogenated alkanes) is 29. The van der Waals surface area contributed by atoms with E-state index in [1.54, 1.807) is 0 Å². The summed E-state index contributed by atoms with van der Waals surface area (Å²) in [5.41, 5.74) is 0. The van der Waals surface area contributed by atoms with Crippen LogP contribution in [-0.2, 0) is 23.7 Å². The molecule has 386 valence electrons. The molecule has 1 heterocycles. The van der Waals surface area contributed by atoms with Gasteiger partial charge in [-0.1, -0.05) is 217 Å². The van der Waals surface area contributed by atoms with Crippen molar-refractivity contribution < 1.29 is 44.2 Å². The van der Waals surface area contributed by atoms with Gasteiger partial charge in [0, 0.05) is 13.0 Å². The van der Waals surface area contributed by atoms with Crippen LogP contribution in [0.25, 0.3) is 0 Å². The molecule has 0 aromatic rings. The first kappa shape index (κ1) is 62.2. The fraction of sp³-hybridized carbons (Fsp3) is 0.842. The molecule has 6 unspecified atom stereocenters. The fourth-order valence-electron chi connectivity index (χ4n) is 8.44. The third kappa shape index (κ3) is 38.1. The predicted octanol–water partition coefficient (Wildman–Crippen LogP) is 14.0. The van der Waals surface area contributed by atoms with Crippen molar-refractivity contribution >= 4 is 5.97 Å². The Kier molecular flexibility index (Phi) is 45.4. The van der Waals surface area contributed by atoms with Crippen LogP contribution < -0.4 is 0 Å². The minimum atomic E-state index is -1.54. The summed E-state index contributed by atoms with van der Waals surface area (Å²) < 4.78 is 22.9. The molecule has 0 radical (unpaired) electrons. The molecule has 9 heteroatoms. The van der Waals surface area contributed by atoms with Crippen LogP contribution >= 0.6 is 0 Å². The maximum absolute atomic E-state index is 12.8. The average molecular weight is 933 g/mol. The van der Waals surface area contributed by atoms with Crippen molar-refractivity contribution in [2.75, 3.05) is 26.4 Å². The minimum Gasteiger partial charge on any atom is -0.457 e. The number of allylic oxidation sites excluding steroid dienone is 8. The van der Waals surface area contributed by atoms with Gasteiger partial charge < -0.3 is 39.4 Å². The van der Waals surface area contributed by atoms with Gasteiger partial charge in [-0.15, -0.1) is 0 Å². The third-order valence-electron chi connectivity index (χ3n) is 12.7. The molecule has 1 fully saturated rings. The number of carbonyl (C=O) groups excluding carboxylic acids is 1. The lowest BCUT2D eigenvalue weighted by atomic mass is 9.99. The van der Waals surface area contributed by atoms with E-state index in [0.717, 1.165) is 64.2 Å². The first-order valence-corrected chi connectivity index (χ1v) is 27.7. The second kappa shape index (κ2) is 48.2. The molecule has 0 bridgehead atoms. The topological polar surface area (TPSA) is 135 Å². The van der Waals surface area contributed by atoms with Crippen molar-refractivity contribution in [3.8, 4) is 0 Å². The molecular formula is C57H104O9. The van der Waals surface area contributed by atoms with Gasteiger partial charge in [-0.3, -0.25) is 4.79 Å². The smallest absolute Gasteiger partial charge is 0.306 e. The molecule has 0 aliphatic carbocycles. The Balaban J connectivity index is 2.14. The molecule has 0 saturated carbocycles. The number of esters is 1. The normalized spacial score (nSPS) is 19.6. The highest BCUT2D eigenvalue weighted by molar-refractivity contribution is 5.69. The molecular weight excluding hydrogens is 829 g/mol. The van der Waals surface area contributed by atoms with Gasteiger partial charge in [0.2, 0.25) is 0 Å². The van der Waals surface area contributed by atoms with Crippen molar-refractivity contribution in [3.05, 3.63) is 48.6 Å². The number of rotatable bonds is 48. The van der Waals surface area contributed by atoms with E-state index in [4.69, 9.17) is 18.9 Å². The van der Waals surface area contributed by atoms with Crippen molar-refractivity contribution in [2.24, 2.45) is 0 Å². The van der Waals surface area contributed by atoms with Crippen molar-refractivity contribution in [2.45, 2.75) is 282 Å². The van der Waals surface area contributed by atoms with E-state index in [1.165, 1.54) is 161 Å². The Morgan fingerprint density at radius 1 is 0.500 bits per heavy atom. The van der Waals surface area contributed by atoms with E-state index < -0.39 is 43.4 Å². The Hall–Kier alpha value is -1.85. The molecule has 4 N–H and O–H groups in total. The molecule has 1 saturated heterocycles. The largest absolute Gasteiger partial charge is 0.457 e. The number of hydrogen-bond acceptors (Lipinski definition) is 9. The first-order chi connectivity index (χ1) is 32.4. The second-order valence-corrected chi connectivity index (χ2v) is 19.0. The average Bonchev–Trinajstić information content (AvgIpc) is 3.32. The van der Waals surface area contributed by atoms with Gasteiger partial charge in [0.05, 0.1) is 19.8 Å². The molecule has 1 aliphatic heterocycles. The van der Waals surface area contributed by atoms with Gasteiger partial charge in [0.1, 0.15) is 30.5 Å². The summed E-state index contributed by atoms with van der Waals surface area (Å²) in [5, 5.41) is 40.3. The Labute approximate surface area is 405 Å². The molecule has 1 aliphatic rings. The summed E-state index contributed by atoms with van der Waals surface area (Å²) in [5.74, 6) is -0.321. The van der Waals surface area contributed by atoms with Gasteiger partial charge >= 0.3 is 5.97 Å². The van der Waals surface area contributed by atoms with Gasteiger partial charge in [-0.25, -0.2) is 0 Å². The quantitative estimate of drug-likeness (QED) is 0.0267. The summed E-state index contributed by atoms with van der Waals surface area (Å²) >= 11 is 0. The van der Waals surface area contributed by atoms with E-state index in [9.17, 15) is 25.2 Å². The maximum atomic E-state index is 12.8. The number of aliphatic hydroxyl groups is 4. The van der Waals surface area contributed by atoms with E-state index in [0.29, 0.717) is 13.0 Å². The predicted molar refractivity (Wildman–Crippen MR) is 275 cm³/mol. The van der Waals surface area contributed by atoms with Crippen LogP contribution in [0.1, 0.15) is 245 Å². The molecule has 0 spiro atoms. The van der Waals surface area contributed by atoms with Crippen LogP contribution in [0.3, 0.4) is 0 Å². The lowest BCUT2D eigenvalue weighted by Crippen LogP contribution is -2.59. The number of ether oxygens (including phenoxy) is 4. The van der Waals surface area contributed by atoms with Crippen molar-refractivity contribution in [1.29, 1.82) is 0 Å². The molecule has 0 amide bonds. The second-order valence-electron chi connectivity index (χ2n) is 19.0. The first-order valence-electron chi connectivity index (χ1n) is 27.7. The number of carbonyl (C=O) groups is 1. The number of hydrogen-bond donors (Lipinski definition) is 4. The van der Waals surface area contributed by atoms with Gasteiger partial charge in [-0.2, -0.15) is 0 Å². The molecule has 6 atom stereocenters. The van der Waals surface area contributed by atoms with E-state index in [-0.39, 0.29) is 19.2 Å². The summed E-state index contributed by atoms with van der Waals surface area (Å²) in [6.45, 7) is 4.47. The highest BCUT2D eigenvalue weighted by atomic mass is 16.7. The van der Waals surface area contributed by atoms with Crippen LogP contribution in [-0.4, -0.2) is 89.6 Å². The summed E-state index contributed by atoms with van der Waals surface area (Å²) in [6, 6.07) is 0. The Morgan fingerprint density at radius 3 is 1.41 bits per heavy atom. The zero-order valence-corrected chi connectivity index (χ0v) is 42.7. The lowest BCUT2D eigenvalue weighted by Gasteiger charge is -2.39. The molecule has 0 aromatic carbocycles. The van der Waals surface area contributed by atoms with Gasteiger partial charge in [0.15, 0.2) is 6.29 Å². The van der Waals surface area contributed by atoms with Crippen LogP contribution in [0.15, 0.2) is 48.6 Å². The highest BCUT2D eigenvalue weighted by Gasteiger charge is 2.44. The summed E-state index contributed by atoms with van der Waals surface area (Å²) in [7, 11) is 0. The number of aliphatic hydroxyl groups excluding tert-OH is 4. The van der Waals surface area contributed by atoms with Gasteiger partial charge in [0.25, 0.3) is 0 Å². The van der Waals surface area contributed by atoms with E-state index >= 15 is 0 Å². The SMILES string of the molecule is CC/C=C\C/C=C\C/C=C\CCCCCCCCCC(=O)OC(COCCCCCCCCCCCCCCCC/C=C\CCCCCCCCCC)COC1OC(CO)C(O)C(O)C1O. The summed E-state index contributed by atoms with van der Waals surface area (Å²) in [6.07, 6.45) is 54.5. The fourth-order valence-corrected chi connectivity index (χ4v) is 8.44.